The largest absolute Gasteiger partial charge is 0.490 e. The molecule has 25 heavy (non-hydrogen) atoms. The van der Waals surface area contributed by atoms with Crippen molar-refractivity contribution in [3.63, 3.8) is 0 Å². The first-order valence-electron chi connectivity index (χ1n) is 8.59. The Morgan fingerprint density at radius 1 is 1.24 bits per heavy atom. The van der Waals surface area contributed by atoms with Gasteiger partial charge in [0.15, 0.2) is 0 Å². The van der Waals surface area contributed by atoms with Gasteiger partial charge in [0, 0.05) is 13.0 Å². The number of benzene rings is 2. The first kappa shape index (κ1) is 17.3. The number of carbonyl (C=O) groups is 1. The van der Waals surface area contributed by atoms with Crippen molar-refractivity contribution in [2.24, 2.45) is 0 Å². The molecule has 0 bridgehead atoms. The maximum atomic E-state index is 11.7. The zero-order valence-corrected chi connectivity index (χ0v) is 14.6. The maximum absolute atomic E-state index is 11.7. The van der Waals surface area contributed by atoms with Crippen molar-refractivity contribution in [2.45, 2.75) is 39.0 Å². The van der Waals surface area contributed by atoms with Crippen molar-refractivity contribution in [3.8, 4) is 16.9 Å². The fourth-order valence-corrected chi connectivity index (χ4v) is 2.92. The maximum Gasteiger partial charge on any atom is 0.315 e. The molecule has 1 heterocycles. The summed E-state index contributed by atoms with van der Waals surface area (Å²) in [6, 6.07) is 13.9. The molecule has 2 aromatic carbocycles. The molecule has 1 aliphatic rings. The predicted molar refractivity (Wildman–Crippen MR) is 97.6 cm³/mol. The van der Waals surface area contributed by atoms with Crippen molar-refractivity contribution in [2.75, 3.05) is 6.61 Å². The SMILES string of the molecule is CC(CO)NC(=O)NCc1ccc(-c2ccc3c(c2)CC(C)O3)cc1. The average Bonchev–Trinajstić information content (AvgIpc) is 2.99. The van der Waals surface area contributed by atoms with E-state index in [1.54, 1.807) is 6.92 Å². The van der Waals surface area contributed by atoms with Crippen LogP contribution in [0.4, 0.5) is 4.79 Å². The quantitative estimate of drug-likeness (QED) is 0.784. The summed E-state index contributed by atoms with van der Waals surface area (Å²) >= 11 is 0. The number of amides is 2. The molecule has 5 nitrogen and oxygen atoms in total. The van der Waals surface area contributed by atoms with Gasteiger partial charge in [-0.3, -0.25) is 0 Å². The summed E-state index contributed by atoms with van der Waals surface area (Å²) in [5.41, 5.74) is 4.59. The Morgan fingerprint density at radius 2 is 1.96 bits per heavy atom. The molecule has 132 valence electrons. The number of hydrogen-bond acceptors (Lipinski definition) is 3. The van der Waals surface area contributed by atoms with Crippen molar-refractivity contribution >= 4 is 6.03 Å². The molecule has 0 saturated heterocycles. The van der Waals surface area contributed by atoms with Crippen LogP contribution in [-0.2, 0) is 13.0 Å². The second-order valence-corrected chi connectivity index (χ2v) is 6.56. The zero-order chi connectivity index (χ0) is 17.8. The molecule has 3 N–H and O–H groups in total. The Labute approximate surface area is 148 Å². The Morgan fingerprint density at radius 3 is 2.68 bits per heavy atom. The summed E-state index contributed by atoms with van der Waals surface area (Å²) in [5, 5.41) is 14.4. The van der Waals surface area contributed by atoms with E-state index in [1.807, 2.05) is 18.2 Å². The van der Waals surface area contributed by atoms with Crippen LogP contribution in [0.5, 0.6) is 5.75 Å². The van der Waals surface area contributed by atoms with Crippen LogP contribution < -0.4 is 15.4 Å². The minimum Gasteiger partial charge on any atom is -0.490 e. The number of carbonyl (C=O) groups excluding carboxylic acids is 1. The van der Waals surface area contributed by atoms with Crippen molar-refractivity contribution in [1.29, 1.82) is 0 Å². The van der Waals surface area contributed by atoms with Crippen molar-refractivity contribution in [1.82, 2.24) is 10.6 Å². The summed E-state index contributed by atoms with van der Waals surface area (Å²) in [6.45, 7) is 4.20. The number of hydrogen-bond donors (Lipinski definition) is 3. The fraction of sp³-hybridized carbons (Fsp3) is 0.350. The Bertz CT molecular complexity index is 743. The monoisotopic (exact) mass is 340 g/mol. The molecule has 1 aliphatic heterocycles. The minimum atomic E-state index is -0.279. The summed E-state index contributed by atoms with van der Waals surface area (Å²) in [4.78, 5) is 11.7. The fourth-order valence-electron chi connectivity index (χ4n) is 2.92. The van der Waals surface area contributed by atoms with Gasteiger partial charge in [-0.2, -0.15) is 0 Å². The highest BCUT2D eigenvalue weighted by Crippen LogP contribution is 2.32. The predicted octanol–water partition coefficient (Wildman–Crippen LogP) is 2.86. The number of aliphatic hydroxyl groups excluding tert-OH is 1. The highest BCUT2D eigenvalue weighted by Gasteiger charge is 2.19. The van der Waals surface area contributed by atoms with E-state index in [0.29, 0.717) is 6.54 Å². The topological polar surface area (TPSA) is 70.6 Å². The van der Waals surface area contributed by atoms with Gasteiger partial charge in [-0.05, 0) is 48.2 Å². The van der Waals surface area contributed by atoms with Gasteiger partial charge in [-0.1, -0.05) is 30.3 Å². The van der Waals surface area contributed by atoms with E-state index >= 15 is 0 Å². The molecule has 0 fully saturated rings. The average molecular weight is 340 g/mol. The zero-order valence-electron chi connectivity index (χ0n) is 14.6. The van der Waals surface area contributed by atoms with Crippen LogP contribution in [0.1, 0.15) is 25.0 Å². The number of aliphatic hydroxyl groups is 1. The second-order valence-electron chi connectivity index (χ2n) is 6.56. The Kier molecular flexibility index (Phi) is 5.24. The van der Waals surface area contributed by atoms with E-state index < -0.39 is 0 Å². The van der Waals surface area contributed by atoms with Crippen LogP contribution in [0, 0.1) is 0 Å². The Hall–Kier alpha value is -2.53. The lowest BCUT2D eigenvalue weighted by atomic mass is 10.00. The molecule has 2 amide bonds. The number of ether oxygens (including phenoxy) is 1. The van der Waals surface area contributed by atoms with Gasteiger partial charge in [-0.25, -0.2) is 4.79 Å². The summed E-state index contributed by atoms with van der Waals surface area (Å²) in [7, 11) is 0. The van der Waals surface area contributed by atoms with Crippen molar-refractivity contribution in [3.05, 3.63) is 53.6 Å². The summed E-state index contributed by atoms with van der Waals surface area (Å²) < 4.78 is 5.74. The van der Waals surface area contributed by atoms with Gasteiger partial charge in [0.05, 0.1) is 12.6 Å². The van der Waals surface area contributed by atoms with Gasteiger partial charge in [0.1, 0.15) is 11.9 Å². The van der Waals surface area contributed by atoms with Crippen LogP contribution >= 0.6 is 0 Å². The van der Waals surface area contributed by atoms with Gasteiger partial charge < -0.3 is 20.5 Å². The van der Waals surface area contributed by atoms with Crippen molar-refractivity contribution < 1.29 is 14.6 Å². The summed E-state index contributed by atoms with van der Waals surface area (Å²) in [5.74, 6) is 0.986. The first-order valence-corrected chi connectivity index (χ1v) is 8.59. The molecule has 0 spiro atoms. The van der Waals surface area contributed by atoms with Gasteiger partial charge >= 0.3 is 6.03 Å². The van der Waals surface area contributed by atoms with Crippen LogP contribution in [0.3, 0.4) is 0 Å². The summed E-state index contributed by atoms with van der Waals surface area (Å²) in [6.07, 6.45) is 1.20. The third-order valence-corrected chi connectivity index (χ3v) is 4.29. The normalized spacial score (nSPS) is 16.7. The highest BCUT2D eigenvalue weighted by molar-refractivity contribution is 5.74. The van der Waals surface area contributed by atoms with E-state index in [9.17, 15) is 4.79 Å². The minimum absolute atomic E-state index is 0.0767. The molecular formula is C20H24N2O3. The third-order valence-electron chi connectivity index (χ3n) is 4.29. The second kappa shape index (κ2) is 7.57. The molecule has 0 radical (unpaired) electrons. The molecule has 2 atom stereocenters. The van der Waals surface area contributed by atoms with Crippen LogP contribution in [0.25, 0.3) is 11.1 Å². The molecule has 3 rings (SSSR count). The molecule has 2 aromatic rings. The van der Waals surface area contributed by atoms with E-state index in [-0.39, 0.29) is 24.8 Å². The van der Waals surface area contributed by atoms with E-state index in [1.165, 1.54) is 11.1 Å². The number of fused-ring (bicyclic) bond motifs is 1. The van der Waals surface area contributed by atoms with E-state index in [0.717, 1.165) is 23.3 Å². The molecule has 0 aliphatic carbocycles. The first-order chi connectivity index (χ1) is 12.0. The van der Waals surface area contributed by atoms with Gasteiger partial charge in [0.25, 0.3) is 0 Å². The molecular weight excluding hydrogens is 316 g/mol. The lowest BCUT2D eigenvalue weighted by molar-refractivity contribution is 0.220. The number of urea groups is 1. The molecule has 0 saturated carbocycles. The third kappa shape index (κ3) is 4.31. The van der Waals surface area contributed by atoms with Gasteiger partial charge in [-0.15, -0.1) is 0 Å². The van der Waals surface area contributed by atoms with E-state index in [4.69, 9.17) is 9.84 Å². The van der Waals surface area contributed by atoms with Crippen LogP contribution in [0.2, 0.25) is 0 Å². The smallest absolute Gasteiger partial charge is 0.315 e. The standard InChI is InChI=1S/C20H24N2O3/c1-13(12-23)22-20(24)21-11-15-3-5-16(6-4-15)17-7-8-19-18(10-17)9-14(2)25-19/h3-8,10,13-14,23H,9,11-12H2,1-2H3,(H2,21,22,24). The van der Waals surface area contributed by atoms with Crippen LogP contribution in [0.15, 0.2) is 42.5 Å². The lowest BCUT2D eigenvalue weighted by Gasteiger charge is -2.12. The van der Waals surface area contributed by atoms with Crippen LogP contribution in [-0.4, -0.2) is 29.9 Å². The van der Waals surface area contributed by atoms with Gasteiger partial charge in [0.2, 0.25) is 0 Å². The molecule has 5 heteroatoms. The number of rotatable bonds is 5. The molecule has 2 unspecified atom stereocenters. The molecule has 0 aromatic heterocycles. The van der Waals surface area contributed by atoms with E-state index in [2.05, 4.69) is 41.8 Å². The lowest BCUT2D eigenvalue weighted by Crippen LogP contribution is -2.41. The highest BCUT2D eigenvalue weighted by atomic mass is 16.5. The number of nitrogens with one attached hydrogen (secondary N) is 2. The Balaban J connectivity index is 1.61.